The highest BCUT2D eigenvalue weighted by molar-refractivity contribution is 9.10. The van der Waals surface area contributed by atoms with E-state index in [1.807, 2.05) is 55.5 Å². The van der Waals surface area contributed by atoms with Crippen LogP contribution in [-0.2, 0) is 4.79 Å². The maximum Gasteiger partial charge on any atom is 0.243 e. The number of nitrogens with one attached hydrogen (secondary N) is 1. The van der Waals surface area contributed by atoms with Crippen LogP contribution < -0.4 is 10.2 Å². The average molecular weight is 359 g/mol. The van der Waals surface area contributed by atoms with E-state index in [4.69, 9.17) is 4.74 Å². The number of hydrogen-bond donors (Lipinski definition) is 1. The van der Waals surface area contributed by atoms with E-state index in [2.05, 4.69) is 26.5 Å². The molecule has 2 aromatic carbocycles. The minimum absolute atomic E-state index is 0.0288. The summed E-state index contributed by atoms with van der Waals surface area (Å²) in [7, 11) is 0. The van der Waals surface area contributed by atoms with Crippen molar-refractivity contribution in [3.63, 3.8) is 0 Å². The van der Waals surface area contributed by atoms with E-state index < -0.39 is 0 Å². The number of rotatable bonds is 3. The minimum atomic E-state index is -0.0498. The molecule has 4 nitrogen and oxygen atoms in total. The van der Waals surface area contributed by atoms with E-state index >= 15 is 0 Å². The van der Waals surface area contributed by atoms with Crippen molar-refractivity contribution in [1.29, 1.82) is 0 Å². The third-order valence-corrected chi connectivity index (χ3v) is 4.01. The van der Waals surface area contributed by atoms with E-state index in [-0.39, 0.29) is 11.8 Å². The van der Waals surface area contributed by atoms with Crippen molar-refractivity contribution in [2.24, 2.45) is 11.0 Å². The smallest absolute Gasteiger partial charge is 0.243 e. The van der Waals surface area contributed by atoms with Crippen LogP contribution in [0, 0.1) is 5.92 Å². The monoisotopic (exact) mass is 358 g/mol. The lowest BCUT2D eigenvalue weighted by Gasteiger charge is -2.18. The number of hydrazone groups is 1. The van der Waals surface area contributed by atoms with Crippen LogP contribution in [0.3, 0.4) is 0 Å². The first kappa shape index (κ1) is 14.8. The van der Waals surface area contributed by atoms with Gasteiger partial charge in [0, 0.05) is 16.8 Å². The number of ether oxygens (including phenoxy) is 1. The number of nitrogens with zero attached hydrogens (tertiary/aromatic N) is 1. The first-order chi connectivity index (χ1) is 10.6. The summed E-state index contributed by atoms with van der Waals surface area (Å²) in [5, 5.41) is 4.13. The van der Waals surface area contributed by atoms with E-state index in [0.717, 1.165) is 27.2 Å². The van der Waals surface area contributed by atoms with E-state index in [0.29, 0.717) is 6.42 Å². The highest BCUT2D eigenvalue weighted by Gasteiger charge is 2.21. The molecule has 112 valence electrons. The normalized spacial score (nSPS) is 17.6. The molecule has 0 bridgehead atoms. The lowest BCUT2D eigenvalue weighted by atomic mass is 9.97. The van der Waals surface area contributed by atoms with Gasteiger partial charge in [-0.25, -0.2) is 5.43 Å². The predicted molar refractivity (Wildman–Crippen MR) is 89.1 cm³/mol. The maximum absolute atomic E-state index is 11.4. The molecule has 1 amide bonds. The van der Waals surface area contributed by atoms with Crippen molar-refractivity contribution in [2.45, 2.75) is 13.3 Å². The standard InChI is InChI=1S/C17H15BrN2O2/c1-11-10-16(19-20-17(11)21)12-2-6-14(7-3-12)22-15-8-4-13(18)5-9-15/h2-9,11H,10H2,1H3,(H,20,21). The Bertz CT molecular complexity index is 708. The van der Waals surface area contributed by atoms with E-state index in [9.17, 15) is 4.79 Å². The van der Waals surface area contributed by atoms with Crippen LogP contribution in [0.5, 0.6) is 11.5 Å². The summed E-state index contributed by atoms with van der Waals surface area (Å²) in [5.41, 5.74) is 4.44. The quantitative estimate of drug-likeness (QED) is 0.897. The fourth-order valence-corrected chi connectivity index (χ4v) is 2.46. The Balaban J connectivity index is 1.73. The van der Waals surface area contributed by atoms with Gasteiger partial charge in [0.1, 0.15) is 11.5 Å². The zero-order chi connectivity index (χ0) is 15.5. The second-order valence-electron chi connectivity index (χ2n) is 5.22. The number of amides is 1. The van der Waals surface area contributed by atoms with Crippen LogP contribution in [0.2, 0.25) is 0 Å². The van der Waals surface area contributed by atoms with Crippen molar-refractivity contribution in [3.05, 3.63) is 58.6 Å². The number of carbonyl (C=O) groups is 1. The van der Waals surface area contributed by atoms with Crippen LogP contribution in [0.1, 0.15) is 18.9 Å². The van der Waals surface area contributed by atoms with Crippen LogP contribution in [-0.4, -0.2) is 11.6 Å². The highest BCUT2D eigenvalue weighted by atomic mass is 79.9. The predicted octanol–water partition coefficient (Wildman–Crippen LogP) is 4.10. The van der Waals surface area contributed by atoms with Crippen molar-refractivity contribution in [2.75, 3.05) is 0 Å². The highest BCUT2D eigenvalue weighted by Crippen LogP contribution is 2.24. The van der Waals surface area contributed by atoms with Crippen molar-refractivity contribution in [1.82, 2.24) is 5.43 Å². The average Bonchev–Trinajstić information content (AvgIpc) is 2.53. The second-order valence-corrected chi connectivity index (χ2v) is 6.14. The number of hydrogen-bond acceptors (Lipinski definition) is 3. The summed E-state index contributed by atoms with van der Waals surface area (Å²) in [4.78, 5) is 11.4. The van der Waals surface area contributed by atoms with E-state index in [1.165, 1.54) is 0 Å². The summed E-state index contributed by atoms with van der Waals surface area (Å²) in [6.07, 6.45) is 0.652. The van der Waals surface area contributed by atoms with Crippen LogP contribution in [0.15, 0.2) is 58.1 Å². The Hall–Kier alpha value is -2.14. The van der Waals surface area contributed by atoms with Crippen LogP contribution >= 0.6 is 15.9 Å². The molecule has 0 spiro atoms. The summed E-state index contributed by atoms with van der Waals surface area (Å²) >= 11 is 3.39. The molecule has 1 N–H and O–H groups in total. The Kier molecular flexibility index (Phi) is 4.24. The Labute approximate surface area is 137 Å². The van der Waals surface area contributed by atoms with Crippen molar-refractivity contribution in [3.8, 4) is 11.5 Å². The number of halogens is 1. The number of benzene rings is 2. The third kappa shape index (κ3) is 3.36. The largest absolute Gasteiger partial charge is 0.457 e. The molecule has 0 aliphatic carbocycles. The molecule has 0 aromatic heterocycles. The molecule has 1 aliphatic rings. The van der Waals surface area contributed by atoms with Crippen LogP contribution in [0.4, 0.5) is 0 Å². The van der Waals surface area contributed by atoms with E-state index in [1.54, 1.807) is 0 Å². The summed E-state index contributed by atoms with van der Waals surface area (Å²) < 4.78 is 6.80. The summed E-state index contributed by atoms with van der Waals surface area (Å²) in [6, 6.07) is 15.4. The molecule has 1 atom stereocenters. The van der Waals surface area contributed by atoms with Gasteiger partial charge in [0.05, 0.1) is 5.71 Å². The van der Waals surface area contributed by atoms with Gasteiger partial charge in [0.25, 0.3) is 0 Å². The Morgan fingerprint density at radius 3 is 2.27 bits per heavy atom. The molecule has 0 fully saturated rings. The second kappa shape index (κ2) is 6.32. The van der Waals surface area contributed by atoms with Crippen molar-refractivity contribution < 1.29 is 9.53 Å². The molecule has 2 aromatic rings. The van der Waals surface area contributed by atoms with Gasteiger partial charge >= 0.3 is 0 Å². The first-order valence-electron chi connectivity index (χ1n) is 7.02. The van der Waals surface area contributed by atoms with Gasteiger partial charge in [-0.05, 0) is 54.1 Å². The maximum atomic E-state index is 11.4. The van der Waals surface area contributed by atoms with Gasteiger partial charge in [0.15, 0.2) is 0 Å². The SMILES string of the molecule is CC1CC(c2ccc(Oc3ccc(Br)cc3)cc2)=NNC1=O. The molecule has 0 saturated carbocycles. The van der Waals surface area contributed by atoms with Gasteiger partial charge in [-0.2, -0.15) is 5.10 Å². The lowest BCUT2D eigenvalue weighted by Crippen LogP contribution is -2.33. The molecule has 5 heteroatoms. The van der Waals surface area contributed by atoms with Gasteiger partial charge in [-0.3, -0.25) is 4.79 Å². The molecule has 3 rings (SSSR count). The fraction of sp³-hybridized carbons (Fsp3) is 0.176. The van der Waals surface area contributed by atoms with Crippen molar-refractivity contribution >= 4 is 27.5 Å². The zero-order valence-corrected chi connectivity index (χ0v) is 13.6. The third-order valence-electron chi connectivity index (χ3n) is 3.49. The van der Waals surface area contributed by atoms with Crippen LogP contribution in [0.25, 0.3) is 0 Å². The Morgan fingerprint density at radius 2 is 1.68 bits per heavy atom. The first-order valence-corrected chi connectivity index (χ1v) is 7.81. The lowest BCUT2D eigenvalue weighted by molar-refractivity contribution is -0.124. The molecular formula is C17H15BrN2O2. The van der Waals surface area contributed by atoms with Gasteiger partial charge in [-0.1, -0.05) is 22.9 Å². The summed E-state index contributed by atoms with van der Waals surface area (Å²) in [6.45, 7) is 1.90. The molecule has 22 heavy (non-hydrogen) atoms. The van der Waals surface area contributed by atoms with Gasteiger partial charge in [-0.15, -0.1) is 0 Å². The molecule has 1 heterocycles. The molecule has 1 aliphatic heterocycles. The topological polar surface area (TPSA) is 50.7 Å². The molecular weight excluding hydrogens is 344 g/mol. The van der Waals surface area contributed by atoms with Gasteiger partial charge < -0.3 is 4.74 Å². The zero-order valence-electron chi connectivity index (χ0n) is 12.0. The Morgan fingerprint density at radius 1 is 1.09 bits per heavy atom. The number of carbonyl (C=O) groups excluding carboxylic acids is 1. The molecule has 0 saturated heterocycles. The minimum Gasteiger partial charge on any atom is -0.457 e. The van der Waals surface area contributed by atoms with Gasteiger partial charge in [0.2, 0.25) is 5.91 Å². The fourth-order valence-electron chi connectivity index (χ4n) is 2.20. The molecule has 0 radical (unpaired) electrons. The summed E-state index contributed by atoms with van der Waals surface area (Å²) in [5.74, 6) is 1.47. The molecule has 1 unspecified atom stereocenters.